The molecule has 3 aromatic rings. The van der Waals surface area contributed by atoms with Gasteiger partial charge in [-0.15, -0.1) is 0 Å². The van der Waals surface area contributed by atoms with E-state index in [0.29, 0.717) is 11.3 Å². The van der Waals surface area contributed by atoms with E-state index >= 15 is 0 Å². The largest absolute Gasteiger partial charge is 0.458 e. The first kappa shape index (κ1) is 26.1. The molecule has 192 valence electrons. The van der Waals surface area contributed by atoms with Crippen LogP contribution in [0.2, 0.25) is 0 Å². The van der Waals surface area contributed by atoms with Gasteiger partial charge >= 0.3 is 12.1 Å². The molecule has 1 amide bonds. The van der Waals surface area contributed by atoms with Crippen molar-refractivity contribution in [3.63, 3.8) is 0 Å². The highest BCUT2D eigenvalue weighted by atomic mass is 16.6. The van der Waals surface area contributed by atoms with Gasteiger partial charge in [0, 0.05) is 11.1 Å². The number of hydrogen-bond donors (Lipinski definition) is 1. The van der Waals surface area contributed by atoms with Crippen molar-refractivity contribution >= 4 is 17.8 Å². The van der Waals surface area contributed by atoms with Crippen molar-refractivity contribution in [2.24, 2.45) is 4.99 Å². The maximum Gasteiger partial charge on any atom is 0.408 e. The fourth-order valence-electron chi connectivity index (χ4n) is 4.34. The summed E-state index contributed by atoms with van der Waals surface area (Å²) in [6, 6.07) is 23.4. The lowest BCUT2D eigenvalue weighted by molar-refractivity contribution is -0.157. The monoisotopic (exact) mass is 498 g/mol. The van der Waals surface area contributed by atoms with E-state index in [9.17, 15) is 9.59 Å². The van der Waals surface area contributed by atoms with Crippen molar-refractivity contribution in [3.8, 4) is 11.1 Å². The first-order valence-electron chi connectivity index (χ1n) is 12.5. The number of aliphatic imine (C=N–C) groups is 1. The van der Waals surface area contributed by atoms with Gasteiger partial charge in [0.15, 0.2) is 6.04 Å². The molecule has 0 unspecified atom stereocenters. The molecule has 0 saturated carbocycles. The molecule has 3 aromatic carbocycles. The first-order valence-corrected chi connectivity index (χ1v) is 12.5. The van der Waals surface area contributed by atoms with Gasteiger partial charge in [0.05, 0.1) is 11.8 Å². The van der Waals surface area contributed by atoms with E-state index in [0.717, 1.165) is 22.3 Å². The molecular weight excluding hydrogens is 464 g/mol. The van der Waals surface area contributed by atoms with Crippen LogP contribution >= 0.6 is 0 Å². The molecule has 0 aliphatic heterocycles. The van der Waals surface area contributed by atoms with Crippen molar-refractivity contribution in [2.75, 3.05) is 0 Å². The van der Waals surface area contributed by atoms with Crippen LogP contribution in [-0.2, 0) is 14.3 Å². The molecule has 1 aliphatic rings. The second-order valence-electron chi connectivity index (χ2n) is 11.1. The molecular formula is C31H34N2O4. The van der Waals surface area contributed by atoms with Gasteiger partial charge in [0.25, 0.3) is 0 Å². The molecule has 0 fully saturated rings. The van der Waals surface area contributed by atoms with Crippen LogP contribution in [0.1, 0.15) is 64.3 Å². The Morgan fingerprint density at radius 3 is 1.62 bits per heavy atom. The Hall–Kier alpha value is -3.93. The van der Waals surface area contributed by atoms with Crippen LogP contribution in [0.15, 0.2) is 83.9 Å². The summed E-state index contributed by atoms with van der Waals surface area (Å²) < 4.78 is 11.4. The van der Waals surface area contributed by atoms with Gasteiger partial charge in [-0.25, -0.2) is 9.59 Å². The smallest absolute Gasteiger partial charge is 0.408 e. The van der Waals surface area contributed by atoms with Crippen molar-refractivity contribution < 1.29 is 19.1 Å². The van der Waals surface area contributed by atoms with E-state index in [1.54, 1.807) is 20.8 Å². The van der Waals surface area contributed by atoms with Crippen molar-refractivity contribution in [1.29, 1.82) is 0 Å². The second kappa shape index (κ2) is 10.2. The van der Waals surface area contributed by atoms with Crippen LogP contribution < -0.4 is 5.32 Å². The zero-order chi connectivity index (χ0) is 26.8. The van der Waals surface area contributed by atoms with Crippen LogP contribution in [0.5, 0.6) is 0 Å². The first-order chi connectivity index (χ1) is 17.4. The van der Waals surface area contributed by atoms with Crippen molar-refractivity contribution in [1.82, 2.24) is 5.32 Å². The van der Waals surface area contributed by atoms with Crippen molar-refractivity contribution in [2.45, 2.75) is 64.8 Å². The molecule has 2 atom stereocenters. The van der Waals surface area contributed by atoms with E-state index in [2.05, 4.69) is 5.32 Å². The minimum Gasteiger partial charge on any atom is -0.458 e. The average molecular weight is 499 g/mol. The Morgan fingerprint density at radius 1 is 0.676 bits per heavy atom. The molecule has 0 saturated heterocycles. The number of ether oxygens (including phenoxy) is 2. The lowest BCUT2D eigenvalue weighted by Crippen LogP contribution is -2.44. The van der Waals surface area contributed by atoms with Gasteiger partial charge < -0.3 is 14.8 Å². The van der Waals surface area contributed by atoms with E-state index in [1.807, 2.05) is 99.6 Å². The van der Waals surface area contributed by atoms with Gasteiger partial charge in [0.1, 0.15) is 11.2 Å². The number of nitrogens with zero attached hydrogens (tertiary/aromatic N) is 1. The second-order valence-corrected chi connectivity index (χ2v) is 11.1. The van der Waals surface area contributed by atoms with Crippen LogP contribution in [0.3, 0.4) is 0 Å². The number of alkyl carbamates (subject to hydrolysis) is 1. The minimum absolute atomic E-state index is 0.535. The van der Waals surface area contributed by atoms with Gasteiger partial charge in [-0.2, -0.15) is 0 Å². The van der Waals surface area contributed by atoms with E-state index in [4.69, 9.17) is 14.5 Å². The fourth-order valence-corrected chi connectivity index (χ4v) is 4.34. The molecule has 0 bridgehead atoms. The minimum atomic E-state index is -1.07. The Kier molecular flexibility index (Phi) is 7.21. The summed E-state index contributed by atoms with van der Waals surface area (Å²) in [5.41, 5.74) is 3.92. The summed E-state index contributed by atoms with van der Waals surface area (Å²) >= 11 is 0. The normalized spacial score (nSPS) is 14.2. The number of rotatable bonds is 5. The summed E-state index contributed by atoms with van der Waals surface area (Å²) in [4.78, 5) is 31.7. The molecule has 0 aromatic heterocycles. The van der Waals surface area contributed by atoms with Crippen LogP contribution in [0, 0.1) is 0 Å². The highest BCUT2D eigenvalue weighted by Gasteiger charge is 2.37. The summed E-state index contributed by atoms with van der Waals surface area (Å²) in [7, 11) is 0. The van der Waals surface area contributed by atoms with Crippen LogP contribution in [0.4, 0.5) is 4.79 Å². The summed E-state index contributed by atoms with van der Waals surface area (Å²) in [6.45, 7) is 10.8. The highest BCUT2D eigenvalue weighted by Crippen LogP contribution is 2.37. The lowest BCUT2D eigenvalue weighted by atomic mass is 9.98. The number of fused-ring (bicyclic) bond motifs is 3. The summed E-state index contributed by atoms with van der Waals surface area (Å²) in [6.07, 6.45) is -0.637. The van der Waals surface area contributed by atoms with E-state index in [1.165, 1.54) is 0 Å². The predicted octanol–water partition coefficient (Wildman–Crippen LogP) is 6.48. The number of hydrogen-bond acceptors (Lipinski definition) is 5. The topological polar surface area (TPSA) is 77.0 Å². The van der Waals surface area contributed by atoms with Gasteiger partial charge in [-0.3, -0.25) is 4.99 Å². The lowest BCUT2D eigenvalue weighted by Gasteiger charge is -2.29. The molecule has 0 radical (unpaired) electrons. The SMILES string of the molecule is CC(C)(C)OC(=O)N[C@@H](c1ccccc1)[C@@H](N=C1c2ccccc2-c2ccccc21)C(=O)OC(C)(C)C. The van der Waals surface area contributed by atoms with Crippen LogP contribution in [-0.4, -0.2) is 35.0 Å². The molecule has 1 aliphatic carbocycles. The van der Waals surface area contributed by atoms with Crippen LogP contribution in [0.25, 0.3) is 11.1 Å². The number of carbonyl (C=O) groups is 2. The van der Waals surface area contributed by atoms with Gasteiger partial charge in [0.2, 0.25) is 0 Å². The predicted molar refractivity (Wildman–Crippen MR) is 146 cm³/mol. The Balaban J connectivity index is 1.87. The number of amides is 1. The zero-order valence-electron chi connectivity index (χ0n) is 22.2. The van der Waals surface area contributed by atoms with E-state index in [-0.39, 0.29) is 0 Å². The third kappa shape index (κ3) is 6.26. The highest BCUT2D eigenvalue weighted by molar-refractivity contribution is 6.24. The van der Waals surface area contributed by atoms with Gasteiger partial charge in [-0.05, 0) is 58.2 Å². The van der Waals surface area contributed by atoms with Gasteiger partial charge in [-0.1, -0.05) is 78.9 Å². The maximum atomic E-state index is 13.7. The molecule has 0 heterocycles. The molecule has 0 spiro atoms. The third-order valence-corrected chi connectivity index (χ3v) is 5.72. The number of carbonyl (C=O) groups excluding carboxylic acids is 2. The Labute approximate surface area is 218 Å². The summed E-state index contributed by atoms with van der Waals surface area (Å²) in [5.74, 6) is -0.535. The average Bonchev–Trinajstić information content (AvgIpc) is 3.13. The molecule has 6 heteroatoms. The standard InChI is InChI=1S/C31H34N2O4/c1-30(2,3)36-28(34)27(25(20-14-8-7-9-15-20)33-29(35)37-31(4,5)6)32-26-23-18-12-10-16-21(23)22-17-11-13-19-24(22)26/h7-19,25,27H,1-6H3,(H,33,35)/t25-,27+/m0/s1. The zero-order valence-corrected chi connectivity index (χ0v) is 22.2. The molecule has 1 N–H and O–H groups in total. The summed E-state index contributed by atoms with van der Waals surface area (Å²) in [5, 5.41) is 2.91. The molecule has 4 rings (SSSR count). The quantitative estimate of drug-likeness (QED) is 0.320. The van der Waals surface area contributed by atoms with Crippen molar-refractivity contribution in [3.05, 3.63) is 95.6 Å². The maximum absolute atomic E-state index is 13.7. The fraction of sp³-hybridized carbons (Fsp3) is 0.323. The number of nitrogens with one attached hydrogen (secondary N) is 1. The molecule has 37 heavy (non-hydrogen) atoms. The third-order valence-electron chi connectivity index (χ3n) is 5.72. The Morgan fingerprint density at radius 2 is 1.14 bits per heavy atom. The number of benzene rings is 3. The Bertz CT molecular complexity index is 1270. The molecule has 6 nitrogen and oxygen atoms in total. The number of esters is 1. The van der Waals surface area contributed by atoms with E-state index < -0.39 is 35.3 Å².